The van der Waals surface area contributed by atoms with Crippen LogP contribution in [0, 0.1) is 11.7 Å². The zero-order valence-electron chi connectivity index (χ0n) is 27.7. The lowest BCUT2D eigenvalue weighted by Crippen LogP contribution is -2.24. The van der Waals surface area contributed by atoms with Crippen LogP contribution in [0.2, 0.25) is 0 Å². The third-order valence-electron chi connectivity index (χ3n) is 9.40. The minimum Gasteiger partial charge on any atom is -0.384 e. The number of anilines is 3. The van der Waals surface area contributed by atoms with Crippen LogP contribution in [0.1, 0.15) is 50.3 Å². The SMILES string of the molecule is CC1=C(c2n[nH]c3ccc(-c4cncc(NC(=O)C5CCCCC5)c4)cc23)Nc2cncc(-c3cc(F)cc(NCCN(C)C)c3)c2C1. The van der Waals surface area contributed by atoms with E-state index in [1.54, 1.807) is 12.3 Å². The number of nitrogens with one attached hydrogen (secondary N) is 4. The highest BCUT2D eigenvalue weighted by atomic mass is 19.1. The number of likely N-dealkylation sites (N-methyl/N-ethyl adjacent to an activating group) is 1. The number of hydrogen-bond donors (Lipinski definition) is 4. The van der Waals surface area contributed by atoms with Gasteiger partial charge in [-0.15, -0.1) is 0 Å². The average molecular weight is 645 g/mol. The average Bonchev–Trinajstić information content (AvgIpc) is 3.51. The number of rotatable bonds is 9. The maximum absolute atomic E-state index is 14.8. The van der Waals surface area contributed by atoms with Gasteiger partial charge in [0.25, 0.3) is 0 Å². The molecule has 7 rings (SSSR count). The minimum atomic E-state index is -0.291. The second-order valence-electron chi connectivity index (χ2n) is 13.2. The lowest BCUT2D eigenvalue weighted by molar-refractivity contribution is -0.120. The summed E-state index contributed by atoms with van der Waals surface area (Å²) in [5.41, 5.74) is 10.7. The Hall–Kier alpha value is -5.09. The Bertz CT molecular complexity index is 2010. The highest BCUT2D eigenvalue weighted by Crippen LogP contribution is 2.40. The maximum Gasteiger partial charge on any atom is 0.227 e. The number of H-pyrrole nitrogens is 1. The van der Waals surface area contributed by atoms with Crippen LogP contribution in [-0.4, -0.2) is 58.2 Å². The van der Waals surface area contributed by atoms with Gasteiger partial charge in [-0.2, -0.15) is 5.10 Å². The molecule has 2 aliphatic rings. The molecule has 1 amide bonds. The largest absolute Gasteiger partial charge is 0.384 e. The first-order chi connectivity index (χ1) is 23.3. The number of aromatic amines is 1. The van der Waals surface area contributed by atoms with Crippen molar-refractivity contribution >= 4 is 39.6 Å². The molecule has 1 aliphatic carbocycles. The molecule has 9 nitrogen and oxygen atoms in total. The van der Waals surface area contributed by atoms with Gasteiger partial charge in [0.1, 0.15) is 11.5 Å². The Kier molecular flexibility index (Phi) is 8.90. The number of hydrogen-bond acceptors (Lipinski definition) is 7. The number of benzene rings is 2. The fourth-order valence-electron chi connectivity index (χ4n) is 6.82. The molecule has 5 aromatic rings. The number of amides is 1. The first-order valence-electron chi connectivity index (χ1n) is 16.7. The summed E-state index contributed by atoms with van der Waals surface area (Å²) in [5.74, 6) is -0.135. The van der Waals surface area contributed by atoms with Gasteiger partial charge in [0.15, 0.2) is 0 Å². The minimum absolute atomic E-state index is 0.0737. The number of pyridine rings is 2. The van der Waals surface area contributed by atoms with Crippen molar-refractivity contribution in [2.75, 3.05) is 43.1 Å². The molecule has 1 saturated carbocycles. The quantitative estimate of drug-likeness (QED) is 0.130. The van der Waals surface area contributed by atoms with Crippen LogP contribution < -0.4 is 16.0 Å². The molecule has 4 N–H and O–H groups in total. The summed E-state index contributed by atoms with van der Waals surface area (Å²) in [6.45, 7) is 3.66. The van der Waals surface area contributed by atoms with Crippen molar-refractivity contribution < 1.29 is 9.18 Å². The van der Waals surface area contributed by atoms with Crippen molar-refractivity contribution in [3.63, 3.8) is 0 Å². The van der Waals surface area contributed by atoms with Crippen LogP contribution in [0.3, 0.4) is 0 Å². The van der Waals surface area contributed by atoms with Gasteiger partial charge in [-0.05, 0) is 98.9 Å². The summed E-state index contributed by atoms with van der Waals surface area (Å²) in [7, 11) is 4.03. The van der Waals surface area contributed by atoms with E-state index in [9.17, 15) is 9.18 Å². The molecule has 2 aromatic carbocycles. The van der Waals surface area contributed by atoms with Gasteiger partial charge in [0.05, 0.1) is 35.0 Å². The second-order valence-corrected chi connectivity index (χ2v) is 13.2. The topological polar surface area (TPSA) is 111 Å². The molecule has 1 aliphatic heterocycles. The summed E-state index contributed by atoms with van der Waals surface area (Å²) in [5, 5.41) is 18.9. The number of carbonyl (C=O) groups is 1. The monoisotopic (exact) mass is 644 g/mol. The molecule has 0 radical (unpaired) electrons. The van der Waals surface area contributed by atoms with Crippen LogP contribution in [-0.2, 0) is 11.2 Å². The number of fused-ring (bicyclic) bond motifs is 2. The number of halogens is 1. The summed E-state index contributed by atoms with van der Waals surface area (Å²) in [4.78, 5) is 24.0. The normalized spacial score (nSPS) is 15.0. The molecule has 0 saturated heterocycles. The Morgan fingerprint density at radius 3 is 2.58 bits per heavy atom. The molecular weight excluding hydrogens is 603 g/mol. The summed E-state index contributed by atoms with van der Waals surface area (Å²) < 4.78 is 14.8. The van der Waals surface area contributed by atoms with E-state index in [2.05, 4.69) is 48.9 Å². The van der Waals surface area contributed by atoms with Gasteiger partial charge < -0.3 is 20.9 Å². The van der Waals surface area contributed by atoms with E-state index in [0.29, 0.717) is 18.7 Å². The lowest BCUT2D eigenvalue weighted by atomic mass is 9.88. The van der Waals surface area contributed by atoms with E-state index in [1.165, 1.54) is 12.5 Å². The van der Waals surface area contributed by atoms with E-state index >= 15 is 0 Å². The van der Waals surface area contributed by atoms with Crippen LogP contribution >= 0.6 is 0 Å². The van der Waals surface area contributed by atoms with Crippen molar-refractivity contribution in [2.24, 2.45) is 5.92 Å². The molecule has 48 heavy (non-hydrogen) atoms. The summed E-state index contributed by atoms with van der Waals surface area (Å²) in [6, 6.07) is 13.2. The van der Waals surface area contributed by atoms with Crippen LogP contribution in [0.15, 0.2) is 72.8 Å². The summed E-state index contributed by atoms with van der Waals surface area (Å²) >= 11 is 0. The number of allylic oxidation sites excluding steroid dienone is 1. The maximum atomic E-state index is 14.8. The number of nitrogens with zero attached hydrogens (tertiary/aromatic N) is 4. The van der Waals surface area contributed by atoms with Crippen LogP contribution in [0.5, 0.6) is 0 Å². The number of aromatic nitrogens is 4. The van der Waals surface area contributed by atoms with Gasteiger partial charge in [-0.3, -0.25) is 19.9 Å². The fourth-order valence-corrected chi connectivity index (χ4v) is 6.82. The Labute approximate surface area is 280 Å². The van der Waals surface area contributed by atoms with E-state index in [-0.39, 0.29) is 17.6 Å². The molecule has 246 valence electrons. The highest BCUT2D eigenvalue weighted by Gasteiger charge is 2.24. The van der Waals surface area contributed by atoms with Crippen molar-refractivity contribution in [1.29, 1.82) is 0 Å². The van der Waals surface area contributed by atoms with Crippen molar-refractivity contribution in [2.45, 2.75) is 45.4 Å². The van der Waals surface area contributed by atoms with E-state index in [0.717, 1.165) is 99.3 Å². The van der Waals surface area contributed by atoms with Gasteiger partial charge in [0.2, 0.25) is 5.91 Å². The van der Waals surface area contributed by atoms with Crippen molar-refractivity contribution in [3.05, 3.63) is 89.9 Å². The number of carbonyl (C=O) groups excluding carboxylic acids is 1. The third-order valence-corrected chi connectivity index (χ3v) is 9.40. The Balaban J connectivity index is 1.15. The third kappa shape index (κ3) is 6.66. The molecule has 0 spiro atoms. The Morgan fingerprint density at radius 1 is 0.938 bits per heavy atom. The van der Waals surface area contributed by atoms with E-state index in [1.807, 2.05) is 57.0 Å². The van der Waals surface area contributed by atoms with Gasteiger partial charge in [0, 0.05) is 53.6 Å². The lowest BCUT2D eigenvalue weighted by Gasteiger charge is -2.24. The van der Waals surface area contributed by atoms with Gasteiger partial charge in [-0.1, -0.05) is 25.3 Å². The standard InChI is InChI=1S/C38H41FN8O/c1-23-13-31-33(26-14-28(39)18-29(15-26)42-11-12-47(2)3)21-41-22-35(31)44-36(23)37-32-17-25(9-10-34(32)45-46-37)27-16-30(20-40-19-27)43-38(48)24-7-5-4-6-8-24/h9-10,14-22,24,42,44H,4-8,11-13H2,1-3H3,(H,43,48)(H,45,46). The van der Waals surface area contributed by atoms with Crippen LogP contribution in [0.25, 0.3) is 38.9 Å². The predicted octanol–water partition coefficient (Wildman–Crippen LogP) is 7.72. The molecular formula is C38H41FN8O. The molecule has 10 heteroatoms. The first-order valence-corrected chi connectivity index (χ1v) is 16.7. The predicted molar refractivity (Wildman–Crippen MR) is 191 cm³/mol. The molecule has 0 bridgehead atoms. The fraction of sp³-hybridized carbons (Fsp3) is 0.316. The molecule has 4 heterocycles. The second kappa shape index (κ2) is 13.6. The molecule has 0 atom stereocenters. The molecule has 0 unspecified atom stereocenters. The van der Waals surface area contributed by atoms with E-state index in [4.69, 9.17) is 5.10 Å². The molecule has 3 aromatic heterocycles. The zero-order chi connectivity index (χ0) is 33.2. The zero-order valence-corrected chi connectivity index (χ0v) is 27.7. The van der Waals surface area contributed by atoms with Crippen LogP contribution in [0.4, 0.5) is 21.5 Å². The summed E-state index contributed by atoms with van der Waals surface area (Å²) in [6.07, 6.45) is 13.2. The first kappa shape index (κ1) is 31.5. The van der Waals surface area contributed by atoms with E-state index < -0.39 is 0 Å². The highest BCUT2D eigenvalue weighted by molar-refractivity contribution is 5.98. The molecule has 1 fully saturated rings. The van der Waals surface area contributed by atoms with Gasteiger partial charge >= 0.3 is 0 Å². The van der Waals surface area contributed by atoms with Crippen molar-refractivity contribution in [3.8, 4) is 22.3 Å². The Morgan fingerprint density at radius 2 is 1.75 bits per heavy atom. The van der Waals surface area contributed by atoms with Gasteiger partial charge in [-0.25, -0.2) is 4.39 Å². The smallest absolute Gasteiger partial charge is 0.227 e. The van der Waals surface area contributed by atoms with Crippen molar-refractivity contribution in [1.82, 2.24) is 25.1 Å².